The first-order valence-electron chi connectivity index (χ1n) is 7.68. The normalized spacial score (nSPS) is 24.3. The Kier molecular flexibility index (Phi) is 3.31. The first kappa shape index (κ1) is 15.6. The van der Waals surface area contributed by atoms with Crippen molar-refractivity contribution in [3.8, 4) is 0 Å². The standard InChI is InChI=1S/C15H22N5O3/c1-15(2,3)9(21)8-19-6-7-20-10-11(16-13(19)20)17(4)14(23)18(5)12(10)22/h10H,6-8H2,1-5H3/q+1. The summed E-state index contributed by atoms with van der Waals surface area (Å²) in [5.41, 5.74) is -0.421. The molecule has 3 amide bonds. The molecule has 3 aliphatic heterocycles. The highest BCUT2D eigenvalue weighted by Gasteiger charge is 2.56. The number of ketones is 1. The van der Waals surface area contributed by atoms with Crippen LogP contribution in [0.25, 0.3) is 0 Å². The third kappa shape index (κ3) is 2.24. The number of imide groups is 1. The van der Waals surface area contributed by atoms with Crippen molar-refractivity contribution in [2.45, 2.75) is 26.8 Å². The quantitative estimate of drug-likeness (QED) is 0.648. The number of fused-ring (bicyclic) bond motifs is 3. The molecule has 3 heterocycles. The Labute approximate surface area is 135 Å². The second kappa shape index (κ2) is 4.87. The van der Waals surface area contributed by atoms with Crippen LogP contribution in [0.5, 0.6) is 0 Å². The molecular formula is C15H22N5O3+. The summed E-state index contributed by atoms with van der Waals surface area (Å²) in [4.78, 5) is 45.7. The average Bonchev–Trinajstić information content (AvgIpc) is 3.02. The zero-order chi connectivity index (χ0) is 17.1. The van der Waals surface area contributed by atoms with Crippen LogP contribution in [-0.4, -0.2) is 88.6 Å². The molecule has 0 saturated carbocycles. The summed E-state index contributed by atoms with van der Waals surface area (Å²) in [6.45, 7) is 7.20. The third-order valence-corrected chi connectivity index (χ3v) is 4.57. The van der Waals surface area contributed by atoms with Gasteiger partial charge in [-0.3, -0.25) is 24.0 Å². The highest BCUT2D eigenvalue weighted by Crippen LogP contribution is 2.25. The number of amides is 3. The van der Waals surface area contributed by atoms with E-state index in [0.717, 1.165) is 4.90 Å². The van der Waals surface area contributed by atoms with Crippen LogP contribution in [0.15, 0.2) is 4.99 Å². The van der Waals surface area contributed by atoms with Crippen LogP contribution >= 0.6 is 0 Å². The Morgan fingerprint density at radius 3 is 2.52 bits per heavy atom. The van der Waals surface area contributed by atoms with E-state index in [-0.39, 0.29) is 24.3 Å². The Hall–Kier alpha value is -2.25. The van der Waals surface area contributed by atoms with Gasteiger partial charge in [0.1, 0.15) is 6.54 Å². The van der Waals surface area contributed by atoms with Crippen molar-refractivity contribution in [1.82, 2.24) is 14.7 Å². The van der Waals surface area contributed by atoms with Crippen LogP contribution < -0.4 is 0 Å². The third-order valence-electron chi connectivity index (χ3n) is 4.57. The minimum Gasteiger partial charge on any atom is -0.296 e. The van der Waals surface area contributed by atoms with Crippen molar-refractivity contribution in [3.05, 3.63) is 0 Å². The smallest absolute Gasteiger partial charge is 0.296 e. The fourth-order valence-electron chi connectivity index (χ4n) is 2.96. The molecule has 0 aromatic carbocycles. The lowest BCUT2D eigenvalue weighted by Crippen LogP contribution is -2.62. The zero-order valence-corrected chi connectivity index (χ0v) is 14.2. The summed E-state index contributed by atoms with van der Waals surface area (Å²) in [6, 6.07) is -0.948. The van der Waals surface area contributed by atoms with Gasteiger partial charge in [0.15, 0.2) is 5.78 Å². The van der Waals surface area contributed by atoms with E-state index in [0.29, 0.717) is 24.9 Å². The molecule has 1 atom stereocenters. The summed E-state index contributed by atoms with van der Waals surface area (Å²) in [5, 5.41) is 0. The predicted molar refractivity (Wildman–Crippen MR) is 83.3 cm³/mol. The first-order chi connectivity index (χ1) is 10.6. The van der Waals surface area contributed by atoms with E-state index >= 15 is 0 Å². The van der Waals surface area contributed by atoms with Crippen molar-refractivity contribution in [2.24, 2.45) is 10.4 Å². The molecule has 0 bridgehead atoms. The van der Waals surface area contributed by atoms with Gasteiger partial charge in [0.25, 0.3) is 5.91 Å². The van der Waals surface area contributed by atoms with E-state index in [4.69, 9.17) is 0 Å². The molecule has 1 fully saturated rings. The van der Waals surface area contributed by atoms with Crippen LogP contribution in [0, 0.1) is 5.41 Å². The Balaban J connectivity index is 1.95. The molecule has 8 heteroatoms. The highest BCUT2D eigenvalue weighted by atomic mass is 16.2. The number of aliphatic imine (C=N–C) groups is 1. The first-order valence-corrected chi connectivity index (χ1v) is 7.68. The lowest BCUT2D eigenvalue weighted by atomic mass is 9.91. The Morgan fingerprint density at radius 2 is 1.91 bits per heavy atom. The SMILES string of the molecule is CN1C(=O)C2C(=NC3=[N+](CC(=O)C(C)(C)C)CCN32)N(C)C1=O. The molecule has 124 valence electrons. The molecule has 8 nitrogen and oxygen atoms in total. The number of rotatable bonds is 2. The van der Waals surface area contributed by atoms with Crippen LogP contribution in [0.1, 0.15) is 20.8 Å². The summed E-state index contributed by atoms with van der Waals surface area (Å²) in [5.74, 6) is 0.910. The van der Waals surface area contributed by atoms with Crippen molar-refractivity contribution in [2.75, 3.05) is 33.7 Å². The minimum absolute atomic E-state index is 0.120. The number of guanidine groups is 1. The molecule has 23 heavy (non-hydrogen) atoms. The average molecular weight is 320 g/mol. The number of nitrogens with zero attached hydrogens (tertiary/aromatic N) is 5. The number of carbonyl (C=O) groups excluding carboxylic acids is 3. The number of hydrogen-bond acceptors (Lipinski definition) is 5. The molecule has 1 saturated heterocycles. The highest BCUT2D eigenvalue weighted by molar-refractivity contribution is 6.25. The van der Waals surface area contributed by atoms with Gasteiger partial charge >= 0.3 is 12.0 Å². The minimum atomic E-state index is -0.563. The fraction of sp³-hybridized carbons (Fsp3) is 0.667. The van der Waals surface area contributed by atoms with E-state index in [1.165, 1.54) is 11.9 Å². The molecular weight excluding hydrogens is 298 g/mol. The number of Topliss-reactive ketones (excluding diaryl/α,β-unsaturated/α-hetero) is 1. The van der Waals surface area contributed by atoms with Gasteiger partial charge in [0.05, 0.1) is 13.1 Å². The predicted octanol–water partition coefficient (Wildman–Crippen LogP) is -0.410. The van der Waals surface area contributed by atoms with Crippen molar-refractivity contribution in [3.63, 3.8) is 0 Å². The monoisotopic (exact) mass is 320 g/mol. The van der Waals surface area contributed by atoms with Crippen molar-refractivity contribution in [1.29, 1.82) is 0 Å². The van der Waals surface area contributed by atoms with Crippen LogP contribution in [0.3, 0.4) is 0 Å². The summed E-state index contributed by atoms with van der Waals surface area (Å²) in [6.07, 6.45) is 0. The van der Waals surface area contributed by atoms with E-state index in [1.807, 2.05) is 30.2 Å². The van der Waals surface area contributed by atoms with Gasteiger partial charge in [0, 0.05) is 19.5 Å². The molecule has 0 radical (unpaired) electrons. The number of urea groups is 1. The number of likely N-dealkylation sites (N-methyl/N-ethyl adjacent to an activating group) is 2. The van der Waals surface area contributed by atoms with Gasteiger partial charge in [0.2, 0.25) is 11.9 Å². The number of carbonyl (C=O) groups is 3. The molecule has 0 aromatic rings. The molecule has 0 spiro atoms. The van der Waals surface area contributed by atoms with Crippen LogP contribution in [0.4, 0.5) is 4.79 Å². The second-order valence-electron chi connectivity index (χ2n) is 7.20. The van der Waals surface area contributed by atoms with E-state index in [9.17, 15) is 14.4 Å². The van der Waals surface area contributed by atoms with Gasteiger partial charge < -0.3 is 0 Å². The molecule has 1 unspecified atom stereocenters. The molecule has 0 aliphatic carbocycles. The van der Waals surface area contributed by atoms with Gasteiger partial charge in [-0.15, -0.1) is 0 Å². The molecule has 0 aromatic heterocycles. The van der Waals surface area contributed by atoms with Gasteiger partial charge in [-0.25, -0.2) is 9.69 Å². The van der Waals surface area contributed by atoms with Crippen LogP contribution in [-0.2, 0) is 9.59 Å². The van der Waals surface area contributed by atoms with Crippen molar-refractivity contribution < 1.29 is 19.0 Å². The number of amidine groups is 1. The maximum atomic E-state index is 12.5. The Bertz CT molecular complexity index is 673. The maximum Gasteiger partial charge on any atom is 0.393 e. The lowest BCUT2D eigenvalue weighted by molar-refractivity contribution is -0.507. The van der Waals surface area contributed by atoms with E-state index in [2.05, 4.69) is 4.99 Å². The summed E-state index contributed by atoms with van der Waals surface area (Å²) >= 11 is 0. The van der Waals surface area contributed by atoms with Gasteiger partial charge in [-0.2, -0.15) is 0 Å². The van der Waals surface area contributed by atoms with E-state index < -0.39 is 11.5 Å². The van der Waals surface area contributed by atoms with Gasteiger partial charge in [-0.05, 0) is 0 Å². The molecule has 3 aliphatic rings. The Morgan fingerprint density at radius 1 is 1.26 bits per heavy atom. The van der Waals surface area contributed by atoms with Crippen molar-refractivity contribution >= 4 is 29.5 Å². The van der Waals surface area contributed by atoms with Crippen LogP contribution in [0.2, 0.25) is 0 Å². The second-order valence-corrected chi connectivity index (χ2v) is 7.20. The summed E-state index contributed by atoms with van der Waals surface area (Å²) in [7, 11) is 3.09. The lowest BCUT2D eigenvalue weighted by Gasteiger charge is -2.32. The largest absolute Gasteiger partial charge is 0.393 e. The summed E-state index contributed by atoms with van der Waals surface area (Å²) < 4.78 is 1.89. The number of hydrogen-bond donors (Lipinski definition) is 0. The fourth-order valence-corrected chi connectivity index (χ4v) is 2.96. The van der Waals surface area contributed by atoms with E-state index in [1.54, 1.807) is 7.05 Å². The van der Waals surface area contributed by atoms with Gasteiger partial charge in [-0.1, -0.05) is 25.8 Å². The molecule has 3 rings (SSSR count). The zero-order valence-electron chi connectivity index (χ0n) is 14.2. The topological polar surface area (TPSA) is 76.3 Å². The maximum absolute atomic E-state index is 12.5. The molecule has 0 N–H and O–H groups in total.